The first-order valence-corrected chi connectivity index (χ1v) is 7.49. The summed E-state index contributed by atoms with van der Waals surface area (Å²) < 4.78 is 0. The maximum absolute atomic E-state index is 9.51. The predicted molar refractivity (Wildman–Crippen MR) is 79.3 cm³/mol. The van der Waals surface area contributed by atoms with Gasteiger partial charge in [0.15, 0.2) is 0 Å². The molecule has 1 atom stereocenters. The van der Waals surface area contributed by atoms with E-state index in [1.54, 1.807) is 6.07 Å². The fourth-order valence-corrected chi connectivity index (χ4v) is 2.86. The van der Waals surface area contributed by atoms with Crippen LogP contribution in [0.4, 0.5) is 0 Å². The van der Waals surface area contributed by atoms with Gasteiger partial charge in [-0.25, -0.2) is 0 Å². The highest BCUT2D eigenvalue weighted by atomic mass is 16.3. The zero-order chi connectivity index (χ0) is 13.5. The van der Waals surface area contributed by atoms with E-state index in [9.17, 15) is 5.11 Å². The van der Waals surface area contributed by atoms with Crippen LogP contribution in [-0.4, -0.2) is 36.2 Å². The van der Waals surface area contributed by atoms with E-state index < -0.39 is 0 Å². The highest BCUT2D eigenvalue weighted by molar-refractivity contribution is 5.27. The van der Waals surface area contributed by atoms with E-state index in [4.69, 9.17) is 0 Å². The summed E-state index contributed by atoms with van der Waals surface area (Å²) >= 11 is 0. The Bertz CT molecular complexity index is 381. The summed E-state index contributed by atoms with van der Waals surface area (Å²) in [5.74, 6) is 1.15. The van der Waals surface area contributed by atoms with E-state index in [2.05, 4.69) is 23.2 Å². The van der Waals surface area contributed by atoms with Crippen LogP contribution < -0.4 is 5.32 Å². The minimum atomic E-state index is 0.371. The van der Waals surface area contributed by atoms with Crippen LogP contribution in [0.25, 0.3) is 0 Å². The molecule has 0 aliphatic carbocycles. The van der Waals surface area contributed by atoms with Crippen LogP contribution in [0.2, 0.25) is 0 Å². The summed E-state index contributed by atoms with van der Waals surface area (Å²) in [6.45, 7) is 7.79. The molecule has 19 heavy (non-hydrogen) atoms. The largest absolute Gasteiger partial charge is 0.508 e. The molecule has 3 nitrogen and oxygen atoms in total. The third-order valence-corrected chi connectivity index (χ3v) is 3.78. The maximum Gasteiger partial charge on any atom is 0.115 e. The third kappa shape index (κ3) is 4.84. The summed E-state index contributed by atoms with van der Waals surface area (Å²) in [7, 11) is 0. The van der Waals surface area contributed by atoms with Crippen molar-refractivity contribution in [1.29, 1.82) is 0 Å². The number of aromatic hydroxyl groups is 1. The van der Waals surface area contributed by atoms with Crippen molar-refractivity contribution in [3.63, 3.8) is 0 Å². The second-order valence-corrected chi connectivity index (χ2v) is 5.62. The number of rotatable bonds is 6. The maximum atomic E-state index is 9.51. The van der Waals surface area contributed by atoms with Crippen LogP contribution in [0.3, 0.4) is 0 Å². The Morgan fingerprint density at radius 2 is 2.32 bits per heavy atom. The van der Waals surface area contributed by atoms with Crippen molar-refractivity contribution in [3.05, 3.63) is 29.8 Å². The number of likely N-dealkylation sites (tertiary alicyclic amines) is 1. The molecule has 106 valence electrons. The van der Waals surface area contributed by atoms with Gasteiger partial charge in [0, 0.05) is 13.1 Å². The summed E-state index contributed by atoms with van der Waals surface area (Å²) in [6.07, 6.45) is 3.84. The van der Waals surface area contributed by atoms with E-state index in [0.717, 1.165) is 25.6 Å². The molecular weight excluding hydrogens is 236 g/mol. The lowest BCUT2D eigenvalue weighted by Gasteiger charge is -2.33. The second kappa shape index (κ2) is 7.51. The lowest BCUT2D eigenvalue weighted by molar-refractivity contribution is 0.165. The van der Waals surface area contributed by atoms with Crippen molar-refractivity contribution in [2.75, 3.05) is 26.2 Å². The number of nitrogens with zero attached hydrogens (tertiary/aromatic N) is 1. The van der Waals surface area contributed by atoms with Gasteiger partial charge in [-0.1, -0.05) is 19.1 Å². The first-order valence-electron chi connectivity index (χ1n) is 7.49. The zero-order valence-corrected chi connectivity index (χ0v) is 11.9. The SMILES string of the molecule is CCCNCC1CCCN(Cc2cccc(O)c2)C1. The van der Waals surface area contributed by atoms with E-state index in [-0.39, 0.29) is 0 Å². The van der Waals surface area contributed by atoms with Crippen molar-refractivity contribution >= 4 is 0 Å². The minimum absolute atomic E-state index is 0.371. The Morgan fingerprint density at radius 3 is 3.11 bits per heavy atom. The van der Waals surface area contributed by atoms with Crippen molar-refractivity contribution < 1.29 is 5.11 Å². The van der Waals surface area contributed by atoms with E-state index in [0.29, 0.717) is 5.75 Å². The van der Waals surface area contributed by atoms with E-state index in [1.807, 2.05) is 12.1 Å². The molecule has 0 aromatic heterocycles. The van der Waals surface area contributed by atoms with Gasteiger partial charge in [0.1, 0.15) is 5.75 Å². The monoisotopic (exact) mass is 262 g/mol. The molecule has 0 radical (unpaired) electrons. The summed E-state index contributed by atoms with van der Waals surface area (Å²) in [4.78, 5) is 2.51. The van der Waals surface area contributed by atoms with Crippen LogP contribution >= 0.6 is 0 Å². The van der Waals surface area contributed by atoms with Gasteiger partial charge in [0.05, 0.1) is 0 Å². The molecular formula is C16H26N2O. The predicted octanol–water partition coefficient (Wildman–Crippen LogP) is 2.60. The molecule has 0 bridgehead atoms. The number of benzene rings is 1. The van der Waals surface area contributed by atoms with E-state index in [1.165, 1.54) is 37.9 Å². The second-order valence-electron chi connectivity index (χ2n) is 5.62. The molecule has 1 aromatic rings. The third-order valence-electron chi connectivity index (χ3n) is 3.78. The molecule has 0 saturated carbocycles. The summed E-state index contributed by atoms with van der Waals surface area (Å²) in [5, 5.41) is 13.0. The number of phenolic OH excluding ortho intramolecular Hbond substituents is 1. The molecule has 1 saturated heterocycles. The molecule has 0 spiro atoms. The minimum Gasteiger partial charge on any atom is -0.508 e. The lowest BCUT2D eigenvalue weighted by Crippen LogP contribution is -2.39. The Kier molecular flexibility index (Phi) is 5.67. The average molecular weight is 262 g/mol. The molecule has 1 aliphatic heterocycles. The van der Waals surface area contributed by atoms with Crippen molar-refractivity contribution in [1.82, 2.24) is 10.2 Å². The fourth-order valence-electron chi connectivity index (χ4n) is 2.86. The number of phenols is 1. The Hall–Kier alpha value is -1.06. The molecule has 1 heterocycles. The van der Waals surface area contributed by atoms with Gasteiger partial charge in [-0.05, 0) is 62.5 Å². The van der Waals surface area contributed by atoms with Crippen molar-refractivity contribution in [2.24, 2.45) is 5.92 Å². The van der Waals surface area contributed by atoms with Gasteiger partial charge in [0.25, 0.3) is 0 Å². The van der Waals surface area contributed by atoms with Crippen molar-refractivity contribution in [3.8, 4) is 5.75 Å². The number of hydrogen-bond donors (Lipinski definition) is 2. The van der Waals surface area contributed by atoms with Crippen LogP contribution in [-0.2, 0) is 6.54 Å². The topological polar surface area (TPSA) is 35.5 Å². The Balaban J connectivity index is 1.80. The van der Waals surface area contributed by atoms with Crippen LogP contribution in [0.15, 0.2) is 24.3 Å². The molecule has 0 amide bonds. The van der Waals surface area contributed by atoms with Crippen LogP contribution in [0.5, 0.6) is 5.75 Å². The number of nitrogens with one attached hydrogen (secondary N) is 1. The van der Waals surface area contributed by atoms with Gasteiger partial charge in [-0.2, -0.15) is 0 Å². The first kappa shape index (κ1) is 14.4. The molecule has 2 rings (SSSR count). The van der Waals surface area contributed by atoms with Gasteiger partial charge in [-0.3, -0.25) is 4.90 Å². The Morgan fingerprint density at radius 1 is 1.42 bits per heavy atom. The first-order chi connectivity index (χ1) is 9.28. The summed E-state index contributed by atoms with van der Waals surface area (Å²) in [5.41, 5.74) is 1.21. The van der Waals surface area contributed by atoms with Gasteiger partial charge in [-0.15, -0.1) is 0 Å². The quantitative estimate of drug-likeness (QED) is 0.774. The summed E-state index contributed by atoms with van der Waals surface area (Å²) in [6, 6.07) is 7.63. The van der Waals surface area contributed by atoms with Gasteiger partial charge >= 0.3 is 0 Å². The lowest BCUT2D eigenvalue weighted by atomic mass is 9.97. The zero-order valence-electron chi connectivity index (χ0n) is 11.9. The molecule has 3 heteroatoms. The smallest absolute Gasteiger partial charge is 0.115 e. The fraction of sp³-hybridized carbons (Fsp3) is 0.625. The molecule has 1 aromatic carbocycles. The molecule has 1 aliphatic rings. The molecule has 2 N–H and O–H groups in total. The average Bonchev–Trinajstić information content (AvgIpc) is 2.39. The number of piperidine rings is 1. The van der Waals surface area contributed by atoms with E-state index >= 15 is 0 Å². The highest BCUT2D eigenvalue weighted by Gasteiger charge is 2.19. The number of hydrogen-bond acceptors (Lipinski definition) is 3. The Labute approximate surface area is 116 Å². The molecule has 1 unspecified atom stereocenters. The standard InChI is InChI=1S/C16H26N2O/c1-2-8-17-11-15-6-4-9-18(13-15)12-14-5-3-7-16(19)10-14/h3,5,7,10,15,17,19H,2,4,6,8-9,11-13H2,1H3. The van der Waals surface area contributed by atoms with Crippen molar-refractivity contribution in [2.45, 2.75) is 32.7 Å². The highest BCUT2D eigenvalue weighted by Crippen LogP contribution is 2.19. The molecule has 1 fully saturated rings. The van der Waals surface area contributed by atoms with Gasteiger partial charge < -0.3 is 10.4 Å². The van der Waals surface area contributed by atoms with Gasteiger partial charge in [0.2, 0.25) is 0 Å². The van der Waals surface area contributed by atoms with Crippen LogP contribution in [0.1, 0.15) is 31.7 Å². The normalized spacial score (nSPS) is 20.6. The van der Waals surface area contributed by atoms with Crippen LogP contribution in [0, 0.1) is 5.92 Å².